The quantitative estimate of drug-likeness (QED) is 0.568. The van der Waals surface area contributed by atoms with Crippen molar-refractivity contribution in [2.24, 2.45) is 5.41 Å². The van der Waals surface area contributed by atoms with E-state index in [0.29, 0.717) is 6.54 Å². The fourth-order valence-electron chi connectivity index (χ4n) is 1.79. The van der Waals surface area contributed by atoms with Gasteiger partial charge in [-0.25, -0.2) is 0 Å². The first-order valence-electron chi connectivity index (χ1n) is 7.35. The Bertz CT molecular complexity index is 338. The molecule has 0 saturated heterocycles. The molecule has 0 bridgehead atoms. The van der Waals surface area contributed by atoms with E-state index in [0.717, 1.165) is 19.3 Å². The Morgan fingerprint density at radius 2 is 1.70 bits per heavy atom. The summed E-state index contributed by atoms with van der Waals surface area (Å²) in [5.74, 6) is -0.971. The summed E-state index contributed by atoms with van der Waals surface area (Å²) in [6.45, 7) is 11.5. The highest BCUT2D eigenvalue weighted by molar-refractivity contribution is 5.81. The highest BCUT2D eigenvalue weighted by Crippen LogP contribution is 2.31. The van der Waals surface area contributed by atoms with Crippen LogP contribution in [0, 0.1) is 5.41 Å². The minimum atomic E-state index is -0.969. The summed E-state index contributed by atoms with van der Waals surface area (Å²) in [6.07, 6.45) is 3.18. The largest absolute Gasteiger partial charge is 0.481 e. The minimum absolute atomic E-state index is 0.0876. The predicted molar refractivity (Wildman–Crippen MR) is 80.6 cm³/mol. The van der Waals surface area contributed by atoms with Gasteiger partial charge in [0.1, 0.15) is 0 Å². The first kappa shape index (κ1) is 18.9. The van der Waals surface area contributed by atoms with Gasteiger partial charge in [-0.2, -0.15) is 0 Å². The van der Waals surface area contributed by atoms with Crippen LogP contribution in [0.3, 0.4) is 0 Å². The van der Waals surface area contributed by atoms with E-state index in [1.165, 1.54) is 0 Å². The molecule has 1 unspecified atom stereocenters. The number of amides is 1. The smallest absolute Gasteiger partial charge is 0.310 e. The minimum Gasteiger partial charge on any atom is -0.481 e. The molecule has 118 valence electrons. The number of carboxylic acid groups (broad SMARTS) is 1. The third kappa shape index (κ3) is 5.12. The topological polar surface area (TPSA) is 78.4 Å². The number of carbonyl (C=O) groups excluding carboxylic acids is 1. The molecule has 0 aromatic carbocycles. The zero-order valence-electron chi connectivity index (χ0n) is 13.7. The molecule has 0 aliphatic carbocycles. The third-order valence-corrected chi connectivity index (χ3v) is 4.15. The molecule has 0 fully saturated rings. The molecule has 0 aromatic rings. The molecule has 0 spiro atoms. The van der Waals surface area contributed by atoms with Crippen molar-refractivity contribution in [3.63, 3.8) is 0 Å². The summed E-state index contributed by atoms with van der Waals surface area (Å²) in [7, 11) is 0. The van der Waals surface area contributed by atoms with Gasteiger partial charge in [-0.3, -0.25) is 14.9 Å². The lowest BCUT2D eigenvalue weighted by Crippen LogP contribution is -2.60. The van der Waals surface area contributed by atoms with Crippen molar-refractivity contribution in [1.82, 2.24) is 10.6 Å². The van der Waals surface area contributed by atoms with Gasteiger partial charge in [-0.1, -0.05) is 19.8 Å². The highest BCUT2D eigenvalue weighted by atomic mass is 16.4. The van der Waals surface area contributed by atoms with Crippen LogP contribution in [-0.4, -0.2) is 35.1 Å². The lowest BCUT2D eigenvalue weighted by Gasteiger charge is -2.40. The fourth-order valence-corrected chi connectivity index (χ4v) is 1.79. The number of hydrogen-bond acceptors (Lipinski definition) is 3. The van der Waals surface area contributed by atoms with Crippen LogP contribution in [0.5, 0.6) is 0 Å². The molecule has 20 heavy (non-hydrogen) atoms. The number of aliphatic carboxylic acids is 1. The van der Waals surface area contributed by atoms with E-state index >= 15 is 0 Å². The van der Waals surface area contributed by atoms with Crippen LogP contribution in [0.25, 0.3) is 0 Å². The Balaban J connectivity index is 4.47. The van der Waals surface area contributed by atoms with Crippen LogP contribution in [0.4, 0.5) is 0 Å². The van der Waals surface area contributed by atoms with Crippen LogP contribution in [0.1, 0.15) is 60.8 Å². The zero-order valence-corrected chi connectivity index (χ0v) is 13.7. The lowest BCUT2D eigenvalue weighted by molar-refractivity contribution is -0.151. The van der Waals surface area contributed by atoms with Gasteiger partial charge in [0.25, 0.3) is 0 Å². The van der Waals surface area contributed by atoms with Gasteiger partial charge in [-0.05, 0) is 41.0 Å². The zero-order chi connectivity index (χ0) is 16.0. The summed E-state index contributed by atoms with van der Waals surface area (Å²) in [5.41, 5.74) is -1.66. The average molecular weight is 286 g/mol. The molecule has 1 atom stereocenters. The van der Waals surface area contributed by atoms with Crippen molar-refractivity contribution in [3.8, 4) is 0 Å². The van der Waals surface area contributed by atoms with E-state index in [-0.39, 0.29) is 5.91 Å². The summed E-state index contributed by atoms with van der Waals surface area (Å²) >= 11 is 0. The average Bonchev–Trinajstić information content (AvgIpc) is 2.33. The second-order valence-electron chi connectivity index (χ2n) is 6.42. The number of rotatable bonds is 9. The molecule has 5 nitrogen and oxygen atoms in total. The molecule has 0 heterocycles. The number of hydrogen-bond donors (Lipinski definition) is 3. The summed E-state index contributed by atoms with van der Waals surface area (Å²) < 4.78 is 0. The SMILES string of the molecule is CCCCCNC(=O)C(C)NC(C)(C)C(C)(C)C(=O)O. The van der Waals surface area contributed by atoms with Crippen LogP contribution in [0.2, 0.25) is 0 Å². The van der Waals surface area contributed by atoms with Crippen LogP contribution < -0.4 is 10.6 Å². The lowest BCUT2D eigenvalue weighted by atomic mass is 9.74. The number of nitrogens with one attached hydrogen (secondary N) is 2. The van der Waals surface area contributed by atoms with Crippen LogP contribution >= 0.6 is 0 Å². The predicted octanol–water partition coefficient (Wildman–Crippen LogP) is 2.16. The van der Waals surface area contributed by atoms with Crippen molar-refractivity contribution in [2.45, 2.75) is 72.4 Å². The summed E-state index contributed by atoms with van der Waals surface area (Å²) in [6, 6.07) is -0.426. The Labute approximate surface area is 122 Å². The van der Waals surface area contributed by atoms with E-state index in [4.69, 9.17) is 0 Å². The van der Waals surface area contributed by atoms with E-state index in [2.05, 4.69) is 17.6 Å². The molecular formula is C15H30N2O3. The number of unbranched alkanes of at least 4 members (excludes halogenated alkanes) is 2. The maximum absolute atomic E-state index is 12.0. The van der Waals surface area contributed by atoms with Crippen molar-refractivity contribution in [2.75, 3.05) is 6.54 Å². The van der Waals surface area contributed by atoms with Gasteiger partial charge in [0.15, 0.2) is 0 Å². The Morgan fingerprint density at radius 1 is 1.15 bits per heavy atom. The molecular weight excluding hydrogens is 256 g/mol. The van der Waals surface area contributed by atoms with Gasteiger partial charge in [0.05, 0.1) is 11.5 Å². The monoisotopic (exact) mass is 286 g/mol. The molecule has 0 rings (SSSR count). The molecule has 0 radical (unpaired) electrons. The summed E-state index contributed by atoms with van der Waals surface area (Å²) in [4.78, 5) is 23.3. The maximum Gasteiger partial charge on any atom is 0.310 e. The van der Waals surface area contributed by atoms with E-state index in [1.807, 2.05) is 13.8 Å². The molecule has 5 heteroatoms. The molecule has 1 amide bonds. The van der Waals surface area contributed by atoms with Gasteiger partial charge in [0, 0.05) is 12.1 Å². The second-order valence-corrected chi connectivity index (χ2v) is 6.42. The number of carbonyl (C=O) groups is 2. The molecule has 3 N–H and O–H groups in total. The maximum atomic E-state index is 12.0. The van der Waals surface area contributed by atoms with Crippen LogP contribution in [0.15, 0.2) is 0 Å². The van der Waals surface area contributed by atoms with Crippen molar-refractivity contribution >= 4 is 11.9 Å². The van der Waals surface area contributed by atoms with Gasteiger partial charge >= 0.3 is 5.97 Å². The Morgan fingerprint density at radius 3 is 2.15 bits per heavy atom. The molecule has 0 saturated carbocycles. The van der Waals surface area contributed by atoms with Crippen LogP contribution in [-0.2, 0) is 9.59 Å². The van der Waals surface area contributed by atoms with Gasteiger partial charge in [0.2, 0.25) is 5.91 Å². The molecule has 0 aromatic heterocycles. The van der Waals surface area contributed by atoms with E-state index < -0.39 is 23.0 Å². The van der Waals surface area contributed by atoms with Crippen molar-refractivity contribution < 1.29 is 14.7 Å². The second kappa shape index (κ2) is 7.62. The van der Waals surface area contributed by atoms with E-state index in [1.54, 1.807) is 20.8 Å². The van der Waals surface area contributed by atoms with Gasteiger partial charge < -0.3 is 10.4 Å². The molecule has 0 aliphatic heterocycles. The van der Waals surface area contributed by atoms with Gasteiger partial charge in [-0.15, -0.1) is 0 Å². The highest BCUT2D eigenvalue weighted by Gasteiger charge is 2.44. The third-order valence-electron chi connectivity index (χ3n) is 4.15. The Hall–Kier alpha value is -1.10. The Kier molecular flexibility index (Phi) is 7.20. The van der Waals surface area contributed by atoms with Crippen molar-refractivity contribution in [3.05, 3.63) is 0 Å². The fraction of sp³-hybridized carbons (Fsp3) is 0.867. The normalized spacial score (nSPS) is 13.9. The summed E-state index contributed by atoms with van der Waals surface area (Å²) in [5, 5.41) is 15.3. The van der Waals surface area contributed by atoms with E-state index in [9.17, 15) is 14.7 Å². The first-order valence-corrected chi connectivity index (χ1v) is 7.35. The van der Waals surface area contributed by atoms with Crippen molar-refractivity contribution in [1.29, 1.82) is 0 Å². The standard InChI is InChI=1S/C15H30N2O3/c1-7-8-9-10-16-12(18)11(2)17-15(5,6)14(3,4)13(19)20/h11,17H,7-10H2,1-6H3,(H,16,18)(H,19,20). The first-order chi connectivity index (χ1) is 9.06. The molecule has 0 aliphatic rings. The number of carboxylic acids is 1.